The van der Waals surface area contributed by atoms with Crippen LogP contribution in [0.25, 0.3) is 0 Å². The van der Waals surface area contributed by atoms with E-state index >= 15 is 0 Å². The Labute approximate surface area is 114 Å². The van der Waals surface area contributed by atoms with Gasteiger partial charge in [-0.2, -0.15) is 0 Å². The van der Waals surface area contributed by atoms with Crippen LogP contribution < -0.4 is 5.32 Å². The first kappa shape index (κ1) is 13.6. The van der Waals surface area contributed by atoms with Crippen molar-refractivity contribution in [1.29, 1.82) is 0 Å². The lowest BCUT2D eigenvalue weighted by atomic mass is 10.4. The Balaban J connectivity index is 1.65. The number of imidazole rings is 1. The van der Waals surface area contributed by atoms with Gasteiger partial charge < -0.3 is 10.3 Å². The van der Waals surface area contributed by atoms with Gasteiger partial charge in [0.25, 0.3) is 0 Å². The number of rotatable bonds is 6. The maximum atomic E-state index is 12.7. The zero-order valence-electron chi connectivity index (χ0n) is 10.2. The lowest BCUT2D eigenvalue weighted by molar-refractivity contribution is -0.120. The second kappa shape index (κ2) is 6.94. The molecule has 1 aromatic heterocycles. The van der Waals surface area contributed by atoms with E-state index in [0.29, 0.717) is 18.7 Å². The first-order valence-corrected chi connectivity index (χ1v) is 6.85. The Kier molecular flexibility index (Phi) is 4.97. The standard InChI is InChI=1S/C13H14FN3OS/c14-10-1-3-12(4-2-10)19-6-5-13(18)16-8-11-7-15-9-17-11/h1-4,7,9H,5-6,8H2,(H,15,17)(H,16,18). The Morgan fingerprint density at radius 2 is 2.16 bits per heavy atom. The molecule has 0 aliphatic heterocycles. The third-order valence-electron chi connectivity index (χ3n) is 2.44. The predicted molar refractivity (Wildman–Crippen MR) is 72.2 cm³/mol. The summed E-state index contributed by atoms with van der Waals surface area (Å²) in [7, 11) is 0. The van der Waals surface area contributed by atoms with Crippen LogP contribution in [0, 0.1) is 5.82 Å². The Morgan fingerprint density at radius 1 is 1.37 bits per heavy atom. The highest BCUT2D eigenvalue weighted by molar-refractivity contribution is 7.99. The fraction of sp³-hybridized carbons (Fsp3) is 0.231. The molecule has 1 heterocycles. The van der Waals surface area contributed by atoms with Gasteiger partial charge in [-0.25, -0.2) is 9.37 Å². The topological polar surface area (TPSA) is 57.8 Å². The lowest BCUT2D eigenvalue weighted by Crippen LogP contribution is -2.23. The van der Waals surface area contributed by atoms with Crippen LogP contribution in [0.1, 0.15) is 12.1 Å². The van der Waals surface area contributed by atoms with Gasteiger partial charge in [0.05, 0.1) is 18.6 Å². The molecule has 2 aromatic rings. The molecule has 6 heteroatoms. The van der Waals surface area contributed by atoms with Gasteiger partial charge in [0, 0.05) is 23.3 Å². The van der Waals surface area contributed by atoms with Crippen LogP contribution in [0.3, 0.4) is 0 Å². The van der Waals surface area contributed by atoms with E-state index in [-0.39, 0.29) is 11.7 Å². The zero-order valence-corrected chi connectivity index (χ0v) is 11.0. The number of hydrogen-bond donors (Lipinski definition) is 2. The van der Waals surface area contributed by atoms with Gasteiger partial charge in [-0.3, -0.25) is 4.79 Å². The minimum absolute atomic E-state index is 0.00999. The van der Waals surface area contributed by atoms with Crippen LogP contribution in [-0.4, -0.2) is 21.6 Å². The first-order chi connectivity index (χ1) is 9.24. The van der Waals surface area contributed by atoms with Crippen molar-refractivity contribution in [1.82, 2.24) is 15.3 Å². The van der Waals surface area contributed by atoms with Crippen LogP contribution in [0.15, 0.2) is 41.7 Å². The van der Waals surface area contributed by atoms with E-state index in [1.165, 1.54) is 23.9 Å². The summed E-state index contributed by atoms with van der Waals surface area (Å²) in [5, 5.41) is 2.80. The van der Waals surface area contributed by atoms with Crippen molar-refractivity contribution in [2.24, 2.45) is 0 Å². The fourth-order valence-electron chi connectivity index (χ4n) is 1.46. The number of aromatic nitrogens is 2. The number of carbonyl (C=O) groups is 1. The normalized spacial score (nSPS) is 10.4. The molecule has 0 bridgehead atoms. The van der Waals surface area contributed by atoms with Crippen molar-refractivity contribution in [2.45, 2.75) is 17.9 Å². The second-order valence-electron chi connectivity index (χ2n) is 3.91. The number of carbonyl (C=O) groups excluding carboxylic acids is 1. The highest BCUT2D eigenvalue weighted by Crippen LogP contribution is 2.18. The van der Waals surface area contributed by atoms with Crippen molar-refractivity contribution < 1.29 is 9.18 Å². The zero-order chi connectivity index (χ0) is 13.5. The molecule has 2 rings (SSSR count). The summed E-state index contributed by atoms with van der Waals surface area (Å²) in [6.07, 6.45) is 3.68. The lowest BCUT2D eigenvalue weighted by Gasteiger charge is -2.04. The van der Waals surface area contributed by atoms with E-state index in [9.17, 15) is 9.18 Å². The van der Waals surface area contributed by atoms with Crippen molar-refractivity contribution >= 4 is 17.7 Å². The monoisotopic (exact) mass is 279 g/mol. The molecule has 0 unspecified atom stereocenters. The van der Waals surface area contributed by atoms with Gasteiger partial charge in [-0.1, -0.05) is 0 Å². The van der Waals surface area contributed by atoms with Crippen LogP contribution in [0.5, 0.6) is 0 Å². The number of amides is 1. The van der Waals surface area contributed by atoms with Crippen LogP contribution in [0.2, 0.25) is 0 Å². The molecule has 2 N–H and O–H groups in total. The summed E-state index contributed by atoms with van der Waals surface area (Å²) in [5.74, 6) is 0.409. The Morgan fingerprint density at radius 3 is 2.84 bits per heavy atom. The van der Waals surface area contributed by atoms with Crippen molar-refractivity contribution in [2.75, 3.05) is 5.75 Å². The molecule has 0 spiro atoms. The Hall–Kier alpha value is -1.82. The third-order valence-corrected chi connectivity index (χ3v) is 3.46. The molecular formula is C13H14FN3OS. The quantitative estimate of drug-likeness (QED) is 0.798. The summed E-state index contributed by atoms with van der Waals surface area (Å²) in [6, 6.07) is 6.26. The molecule has 0 radical (unpaired) electrons. The summed E-state index contributed by atoms with van der Waals surface area (Å²) >= 11 is 1.53. The van der Waals surface area contributed by atoms with Gasteiger partial charge in [-0.15, -0.1) is 11.8 Å². The molecule has 1 aromatic carbocycles. The van der Waals surface area contributed by atoms with Gasteiger partial charge in [0.1, 0.15) is 5.82 Å². The number of halogens is 1. The molecule has 4 nitrogen and oxygen atoms in total. The van der Waals surface area contributed by atoms with E-state index in [2.05, 4.69) is 15.3 Å². The minimum Gasteiger partial charge on any atom is -0.350 e. The maximum absolute atomic E-state index is 12.7. The maximum Gasteiger partial charge on any atom is 0.221 e. The predicted octanol–water partition coefficient (Wildman–Crippen LogP) is 2.35. The van der Waals surface area contributed by atoms with Gasteiger partial charge >= 0.3 is 0 Å². The number of aromatic amines is 1. The molecule has 0 saturated carbocycles. The van der Waals surface area contributed by atoms with Gasteiger partial charge in [0.2, 0.25) is 5.91 Å². The summed E-state index contributed by atoms with van der Waals surface area (Å²) in [5.41, 5.74) is 0.875. The SMILES string of the molecule is O=C(CCSc1ccc(F)cc1)NCc1cnc[nH]1. The van der Waals surface area contributed by atoms with Crippen LogP contribution >= 0.6 is 11.8 Å². The van der Waals surface area contributed by atoms with Crippen LogP contribution in [-0.2, 0) is 11.3 Å². The van der Waals surface area contributed by atoms with Crippen molar-refractivity contribution in [3.8, 4) is 0 Å². The van der Waals surface area contributed by atoms with E-state index in [4.69, 9.17) is 0 Å². The summed E-state index contributed by atoms with van der Waals surface area (Å²) in [4.78, 5) is 19.3. The summed E-state index contributed by atoms with van der Waals surface area (Å²) in [6.45, 7) is 0.458. The van der Waals surface area contributed by atoms with E-state index in [0.717, 1.165) is 10.6 Å². The highest BCUT2D eigenvalue weighted by atomic mass is 32.2. The minimum atomic E-state index is -0.248. The van der Waals surface area contributed by atoms with Crippen LogP contribution in [0.4, 0.5) is 4.39 Å². The molecule has 0 aliphatic carbocycles. The average Bonchev–Trinajstić information content (AvgIpc) is 2.92. The van der Waals surface area contributed by atoms with E-state index in [1.54, 1.807) is 24.7 Å². The molecule has 100 valence electrons. The number of benzene rings is 1. The number of thioether (sulfide) groups is 1. The van der Waals surface area contributed by atoms with Gasteiger partial charge in [-0.05, 0) is 24.3 Å². The van der Waals surface area contributed by atoms with E-state index in [1.807, 2.05) is 0 Å². The smallest absolute Gasteiger partial charge is 0.221 e. The van der Waals surface area contributed by atoms with Crippen molar-refractivity contribution in [3.05, 3.63) is 48.3 Å². The fourth-order valence-corrected chi connectivity index (χ4v) is 2.31. The molecule has 0 fully saturated rings. The number of H-pyrrole nitrogens is 1. The number of nitrogens with zero attached hydrogens (tertiary/aromatic N) is 1. The molecular weight excluding hydrogens is 265 g/mol. The largest absolute Gasteiger partial charge is 0.350 e. The Bertz CT molecular complexity index is 513. The molecule has 1 amide bonds. The molecule has 0 saturated heterocycles. The number of hydrogen-bond acceptors (Lipinski definition) is 3. The van der Waals surface area contributed by atoms with E-state index < -0.39 is 0 Å². The highest BCUT2D eigenvalue weighted by Gasteiger charge is 2.03. The molecule has 19 heavy (non-hydrogen) atoms. The van der Waals surface area contributed by atoms with Gasteiger partial charge in [0.15, 0.2) is 0 Å². The van der Waals surface area contributed by atoms with Crippen molar-refractivity contribution in [3.63, 3.8) is 0 Å². The summed E-state index contributed by atoms with van der Waals surface area (Å²) < 4.78 is 12.7. The average molecular weight is 279 g/mol. The second-order valence-corrected chi connectivity index (χ2v) is 5.07. The number of nitrogens with one attached hydrogen (secondary N) is 2. The molecule has 0 atom stereocenters. The molecule has 0 aliphatic rings. The third kappa shape index (κ3) is 4.75. The first-order valence-electron chi connectivity index (χ1n) is 5.86.